The predicted molar refractivity (Wildman–Crippen MR) is 26.6 cm³/mol. The van der Waals surface area contributed by atoms with Crippen LogP contribution in [0.4, 0.5) is 0 Å². The van der Waals surface area contributed by atoms with E-state index in [1.807, 2.05) is 0 Å². The van der Waals surface area contributed by atoms with Crippen molar-refractivity contribution in [2.75, 3.05) is 0 Å². The van der Waals surface area contributed by atoms with Crippen LogP contribution >= 0.6 is 0 Å². The first-order chi connectivity index (χ1) is 3.56. The topological polar surface area (TPSA) is 78.8 Å². The molecule has 0 aromatic heterocycles. The smallest absolute Gasteiger partial charge is 0.283 e. The van der Waals surface area contributed by atoms with E-state index >= 15 is 0 Å². The maximum Gasteiger partial charge on any atom is 0.283 e. The van der Waals surface area contributed by atoms with Gasteiger partial charge in [-0.2, -0.15) is 8.42 Å². The first-order valence-electron chi connectivity index (χ1n) is 1.34. The van der Waals surface area contributed by atoms with Gasteiger partial charge in [-0.3, -0.25) is 4.28 Å². The van der Waals surface area contributed by atoms with E-state index in [1.165, 1.54) is 0 Å². The first kappa shape index (κ1) is 7.60. The van der Waals surface area contributed by atoms with Crippen molar-refractivity contribution < 1.29 is 17.3 Å². The lowest BCUT2D eigenvalue weighted by molar-refractivity contribution is 0.276. The highest BCUT2D eigenvalue weighted by Gasteiger charge is 1.84. The molecule has 0 aromatic rings. The van der Waals surface area contributed by atoms with Gasteiger partial charge in [-0.05, 0) is 0 Å². The highest BCUT2D eigenvalue weighted by Crippen LogP contribution is 1.82. The van der Waals surface area contributed by atoms with E-state index in [4.69, 9.17) is 0 Å². The molecule has 0 N–H and O–H groups in total. The van der Waals surface area contributed by atoms with Gasteiger partial charge in [-0.25, -0.2) is 0 Å². The van der Waals surface area contributed by atoms with Crippen LogP contribution in [0.15, 0.2) is 5.16 Å². The van der Waals surface area contributed by atoms with Gasteiger partial charge in [-0.15, -0.1) is 5.16 Å². The van der Waals surface area contributed by atoms with Crippen molar-refractivity contribution >= 4 is 28.6 Å². The SMILES string of the molecule is O=S(=O)([O-])O/N=C\[S-]. The Balaban J connectivity index is 3.76. The Bertz CT molecular complexity index is 168. The fourth-order valence-corrected chi connectivity index (χ4v) is 0.316. The van der Waals surface area contributed by atoms with Crippen molar-refractivity contribution in [2.24, 2.45) is 5.16 Å². The molecule has 0 rings (SSSR count). The van der Waals surface area contributed by atoms with E-state index in [-0.39, 0.29) is 0 Å². The Kier molecular flexibility index (Phi) is 2.66. The number of nitrogens with zero attached hydrogens (tertiary/aromatic N) is 1. The summed E-state index contributed by atoms with van der Waals surface area (Å²) in [6.45, 7) is 0. The van der Waals surface area contributed by atoms with Crippen LogP contribution in [0.2, 0.25) is 0 Å². The van der Waals surface area contributed by atoms with Crippen LogP contribution < -0.4 is 0 Å². The molecular weight excluding hydrogens is 154 g/mol. The molecule has 0 spiro atoms. The van der Waals surface area contributed by atoms with Gasteiger partial charge < -0.3 is 17.2 Å². The van der Waals surface area contributed by atoms with Gasteiger partial charge in [-0.1, -0.05) is 5.55 Å². The van der Waals surface area contributed by atoms with Crippen molar-refractivity contribution in [3.05, 3.63) is 0 Å². The lowest BCUT2D eigenvalue weighted by atomic mass is 11.7. The molecule has 0 aliphatic heterocycles. The molecule has 0 amide bonds. The Labute approximate surface area is 51.7 Å². The highest BCUT2D eigenvalue weighted by molar-refractivity contribution is 7.80. The van der Waals surface area contributed by atoms with Gasteiger partial charge in [0.05, 0.1) is 0 Å². The molecule has 0 heterocycles. The van der Waals surface area contributed by atoms with Crippen LogP contribution in [0.25, 0.3) is 0 Å². The third kappa shape index (κ3) is 5.60. The van der Waals surface area contributed by atoms with Crippen LogP contribution in [-0.2, 0) is 27.3 Å². The standard InChI is InChI=1S/CH3NO4S2/c3-8(4,5)6-2-1-7/h1H,(H,2,7)(H,3,4,5)/p-2. The van der Waals surface area contributed by atoms with Crippen molar-refractivity contribution in [2.45, 2.75) is 0 Å². The lowest BCUT2D eigenvalue weighted by Crippen LogP contribution is -1.97. The van der Waals surface area contributed by atoms with E-state index in [0.717, 1.165) is 0 Å². The minimum Gasteiger partial charge on any atom is -0.765 e. The van der Waals surface area contributed by atoms with Crippen LogP contribution in [0.5, 0.6) is 0 Å². The fourth-order valence-electron chi connectivity index (χ4n) is 0.0703. The molecular formula is CHNO4S2-2. The number of hydrogen-bond acceptors (Lipinski definition) is 6. The second-order valence-electron chi connectivity index (χ2n) is 0.694. The minimum atomic E-state index is -4.70. The average molecular weight is 155 g/mol. The fraction of sp³-hybridized carbons (Fsp3) is 0. The molecule has 0 aliphatic rings. The van der Waals surface area contributed by atoms with Gasteiger partial charge in [0.2, 0.25) is 0 Å². The van der Waals surface area contributed by atoms with E-state index in [2.05, 4.69) is 22.1 Å². The summed E-state index contributed by atoms with van der Waals surface area (Å²) in [7, 11) is -4.70. The highest BCUT2D eigenvalue weighted by atomic mass is 32.3. The van der Waals surface area contributed by atoms with Gasteiger partial charge in [0.1, 0.15) is 0 Å². The zero-order chi connectivity index (χ0) is 6.62. The zero-order valence-corrected chi connectivity index (χ0v) is 5.11. The van der Waals surface area contributed by atoms with Gasteiger partial charge >= 0.3 is 0 Å². The van der Waals surface area contributed by atoms with Gasteiger partial charge in [0.15, 0.2) is 0 Å². The summed E-state index contributed by atoms with van der Waals surface area (Å²) in [4.78, 5) is 0. The van der Waals surface area contributed by atoms with E-state index in [1.54, 1.807) is 0 Å². The molecule has 0 saturated carbocycles. The summed E-state index contributed by atoms with van der Waals surface area (Å²) in [5.41, 5.74) is 0.634. The summed E-state index contributed by atoms with van der Waals surface area (Å²) in [6, 6.07) is 0. The quantitative estimate of drug-likeness (QED) is 0.127. The third-order valence-electron chi connectivity index (χ3n) is 0.177. The van der Waals surface area contributed by atoms with Crippen molar-refractivity contribution in [1.29, 1.82) is 0 Å². The molecule has 7 heteroatoms. The maximum absolute atomic E-state index is 9.45. The van der Waals surface area contributed by atoms with Crippen molar-refractivity contribution in [3.8, 4) is 0 Å². The van der Waals surface area contributed by atoms with Crippen LogP contribution in [0, 0.1) is 0 Å². The molecule has 0 unspecified atom stereocenters. The summed E-state index contributed by atoms with van der Waals surface area (Å²) in [6.07, 6.45) is 0. The summed E-state index contributed by atoms with van der Waals surface area (Å²) >= 11 is 4.00. The van der Waals surface area contributed by atoms with Crippen molar-refractivity contribution in [1.82, 2.24) is 0 Å². The third-order valence-corrected chi connectivity index (χ3v) is 0.532. The molecule has 0 aromatic carbocycles. The molecule has 0 fully saturated rings. The molecule has 0 aliphatic carbocycles. The number of oxime groups is 1. The molecule has 0 saturated heterocycles. The Morgan fingerprint density at radius 3 is 2.38 bits per heavy atom. The number of rotatable bonds is 2. The minimum absolute atomic E-state index is 0.634. The van der Waals surface area contributed by atoms with E-state index in [9.17, 15) is 13.0 Å². The maximum atomic E-state index is 9.45. The summed E-state index contributed by atoms with van der Waals surface area (Å²) < 4.78 is 31.6. The predicted octanol–water partition coefficient (Wildman–Crippen LogP) is -1.05. The van der Waals surface area contributed by atoms with Crippen LogP contribution in [-0.4, -0.2) is 18.5 Å². The molecule has 8 heavy (non-hydrogen) atoms. The monoisotopic (exact) mass is 155 g/mol. The molecule has 5 nitrogen and oxygen atoms in total. The second kappa shape index (κ2) is 2.80. The van der Waals surface area contributed by atoms with Crippen LogP contribution in [0.3, 0.4) is 0 Å². The van der Waals surface area contributed by atoms with E-state index in [0.29, 0.717) is 5.55 Å². The average Bonchev–Trinajstić information content (AvgIpc) is 1.59. The normalized spacial score (nSPS) is 12.1. The summed E-state index contributed by atoms with van der Waals surface area (Å²) in [5.74, 6) is 0. The Morgan fingerprint density at radius 1 is 1.75 bits per heavy atom. The zero-order valence-electron chi connectivity index (χ0n) is 3.47. The molecule has 0 atom stereocenters. The summed E-state index contributed by atoms with van der Waals surface area (Å²) in [5, 5.41) is 2.53. The Hall–Kier alpha value is -0.400. The van der Waals surface area contributed by atoms with Crippen LogP contribution in [0.1, 0.15) is 0 Å². The second-order valence-corrected chi connectivity index (χ2v) is 1.87. The molecule has 48 valence electrons. The van der Waals surface area contributed by atoms with Gasteiger partial charge in [0, 0.05) is 0 Å². The first-order valence-corrected chi connectivity index (χ1v) is 3.15. The lowest BCUT2D eigenvalue weighted by Gasteiger charge is -2.00. The largest absolute Gasteiger partial charge is 0.765 e. The van der Waals surface area contributed by atoms with Gasteiger partial charge in [0.25, 0.3) is 10.4 Å². The van der Waals surface area contributed by atoms with Crippen molar-refractivity contribution in [3.63, 3.8) is 0 Å². The number of hydrogen-bond donors (Lipinski definition) is 0. The van der Waals surface area contributed by atoms with E-state index < -0.39 is 10.4 Å². The molecule has 0 radical (unpaired) electrons. The Morgan fingerprint density at radius 2 is 2.25 bits per heavy atom. The molecule has 0 bridgehead atoms.